The number of hydrogen-bond donors (Lipinski definition) is 8. The molecular weight excluding hydrogens is 1490 g/mol. The van der Waals surface area contributed by atoms with Gasteiger partial charge in [-0.3, -0.25) is 49.2 Å². The number of likely N-dealkylation sites (tertiary alicyclic amines) is 1. The highest BCUT2D eigenvalue weighted by molar-refractivity contribution is 6.02. The van der Waals surface area contributed by atoms with Gasteiger partial charge in [-0.1, -0.05) is 36.4 Å². The molecule has 4 amide bonds. The zero-order valence-electron chi connectivity index (χ0n) is 66.4. The lowest BCUT2D eigenvalue weighted by Crippen LogP contribution is -2.59. The summed E-state index contributed by atoms with van der Waals surface area (Å²) in [5, 5.41) is 40.6. The molecule has 6 aliphatic rings. The molecule has 12 heterocycles. The summed E-state index contributed by atoms with van der Waals surface area (Å²) in [5.74, 6) is 0.923. The third kappa shape index (κ3) is 17.0. The number of piperazine rings is 1. The lowest BCUT2D eigenvalue weighted by molar-refractivity contribution is -0.135. The summed E-state index contributed by atoms with van der Waals surface area (Å²) in [6, 6.07) is 40.0. The molecule has 0 aliphatic carbocycles. The first-order valence-corrected chi connectivity index (χ1v) is 40.6. The number of aliphatic hydroxyl groups is 2. The van der Waals surface area contributed by atoms with Crippen LogP contribution in [0.5, 0.6) is 0 Å². The second-order valence-corrected chi connectivity index (χ2v) is 32.7. The zero-order chi connectivity index (χ0) is 81.4. The molecule has 117 heavy (non-hydrogen) atoms. The molecule has 0 bridgehead atoms. The van der Waals surface area contributed by atoms with E-state index in [0.717, 1.165) is 119 Å². The quantitative estimate of drug-likeness (QED) is 0.0195. The molecule has 4 unspecified atom stereocenters. The van der Waals surface area contributed by atoms with Gasteiger partial charge in [0.25, 0.3) is 11.1 Å². The molecule has 30 heteroatoms. The predicted molar refractivity (Wildman–Crippen MR) is 449 cm³/mol. The highest BCUT2D eigenvalue weighted by Crippen LogP contribution is 2.43. The van der Waals surface area contributed by atoms with Gasteiger partial charge in [-0.2, -0.15) is 9.97 Å². The van der Waals surface area contributed by atoms with E-state index in [1.165, 1.54) is 33.4 Å². The molecule has 0 spiro atoms. The number of fused-ring (bicyclic) bond motifs is 2. The van der Waals surface area contributed by atoms with E-state index in [1.54, 1.807) is 91.7 Å². The largest absolute Gasteiger partial charge is 0.384 e. The third-order valence-corrected chi connectivity index (χ3v) is 24.0. The number of benzene rings is 4. The number of carbonyl (C=O) groups excluding carboxylic acids is 4. The van der Waals surface area contributed by atoms with Gasteiger partial charge in [-0.15, -0.1) is 13.2 Å². The Morgan fingerprint density at radius 2 is 1.03 bits per heavy atom. The number of halogens is 1. The maximum Gasteiger partial charge on any atom is 0.278 e. The van der Waals surface area contributed by atoms with Crippen LogP contribution in [0.4, 0.5) is 56.1 Å². The number of amides is 4. The van der Waals surface area contributed by atoms with Gasteiger partial charge in [-0.05, 0) is 218 Å². The Kier molecular flexibility index (Phi) is 22.5. The Hall–Kier alpha value is -12.0. The fraction of sp³-hybridized carbons (Fsp3) is 0.402. The lowest BCUT2D eigenvalue weighted by atomic mass is 9.71. The molecule has 5 atom stereocenters. The first kappa shape index (κ1) is 78.9. The molecule has 6 aromatic heterocycles. The van der Waals surface area contributed by atoms with Gasteiger partial charge < -0.3 is 46.2 Å². The molecule has 4 aromatic carbocycles. The fourth-order valence-corrected chi connectivity index (χ4v) is 17.9. The number of aromatic nitrogens is 10. The van der Waals surface area contributed by atoms with Crippen LogP contribution < -0.4 is 57.7 Å². The maximum absolute atomic E-state index is 16.3. The highest BCUT2D eigenvalue weighted by Gasteiger charge is 2.45. The van der Waals surface area contributed by atoms with Crippen molar-refractivity contribution in [1.29, 1.82) is 0 Å². The summed E-state index contributed by atoms with van der Waals surface area (Å²) < 4.78 is 22.6. The number of nitrogens with one attached hydrogen (secondary N) is 6. The van der Waals surface area contributed by atoms with Gasteiger partial charge in [0.2, 0.25) is 35.5 Å². The van der Waals surface area contributed by atoms with Crippen LogP contribution in [0.15, 0.2) is 175 Å². The van der Waals surface area contributed by atoms with E-state index >= 15 is 4.39 Å². The number of pyridine rings is 2. The van der Waals surface area contributed by atoms with Crippen molar-refractivity contribution in [3.63, 3.8) is 0 Å². The van der Waals surface area contributed by atoms with E-state index in [1.807, 2.05) is 30.3 Å². The number of hydrogen-bond acceptors (Lipinski definition) is 23. The van der Waals surface area contributed by atoms with Crippen molar-refractivity contribution >= 4 is 97.4 Å². The van der Waals surface area contributed by atoms with E-state index in [2.05, 4.69) is 128 Å². The van der Waals surface area contributed by atoms with Crippen LogP contribution in [0, 0.1) is 23.6 Å². The van der Waals surface area contributed by atoms with Crippen LogP contribution in [-0.2, 0) is 43.5 Å². The van der Waals surface area contributed by atoms with E-state index in [4.69, 9.17) is 19.9 Å². The first-order chi connectivity index (χ1) is 56.5. The number of nitrogens with zero attached hydrogens (tertiary/aromatic N) is 15. The van der Waals surface area contributed by atoms with Gasteiger partial charge in [0.1, 0.15) is 39.9 Å². The molecule has 6 saturated heterocycles. The number of allylic oxidation sites excluding steroid dienone is 2. The van der Waals surface area contributed by atoms with E-state index in [-0.39, 0.29) is 72.1 Å². The highest BCUT2D eigenvalue weighted by atomic mass is 19.1. The van der Waals surface area contributed by atoms with Crippen molar-refractivity contribution < 1.29 is 33.8 Å². The topological polar surface area (TPSA) is 328 Å². The van der Waals surface area contributed by atoms with Gasteiger partial charge in [0, 0.05) is 124 Å². The van der Waals surface area contributed by atoms with Gasteiger partial charge in [0.15, 0.2) is 22.9 Å². The van der Waals surface area contributed by atoms with E-state index in [0.29, 0.717) is 113 Å². The first-order valence-electron chi connectivity index (χ1n) is 40.6. The number of carbonyl (C=O) groups is 4. The van der Waals surface area contributed by atoms with Crippen LogP contribution in [0.2, 0.25) is 0 Å². The maximum atomic E-state index is 16.3. The molecule has 16 rings (SSSR count). The second kappa shape index (κ2) is 33.3. The van der Waals surface area contributed by atoms with Gasteiger partial charge in [-0.25, -0.2) is 43.1 Å². The van der Waals surface area contributed by atoms with Crippen LogP contribution in [-0.4, -0.2) is 182 Å². The van der Waals surface area contributed by atoms with E-state index < -0.39 is 29.2 Å². The van der Waals surface area contributed by atoms with Crippen LogP contribution in [0.1, 0.15) is 108 Å². The average molecular weight is 1590 g/mol. The van der Waals surface area contributed by atoms with E-state index in [9.17, 15) is 39.0 Å². The van der Waals surface area contributed by atoms with Crippen LogP contribution in [0.25, 0.3) is 33.7 Å². The Morgan fingerprint density at radius 1 is 0.538 bits per heavy atom. The average Bonchev–Trinajstić information content (AvgIpc) is 1.66. The molecule has 608 valence electrons. The number of anilines is 9. The minimum atomic E-state index is -1.24. The standard InChI is InChI=1S/C87H100FN21O8/c1-7-38-106-82(114)64-50-89-84(99-78(64)108(106)73-13-9-11-71(95-73)86(3,4)116)93-59-19-24-62(25-20-59)102-40-35-56(36-41-102)77(104-42-33-55(34-43-104)54-15-17-58(18-16-54)91-68-28-31-75(110)97-80(68)112)66-53-105(44-37-57(66)52-101-45-47-103(48-46-101)70-30-23-61(49-67(70)88)92-69-29-32-76(111)98-81(69)113)63-26-21-60(22-27-63)94-85-90-51-65-79(100-85)109(107(39-8-2)83(65)115)74-14-10-12-72(96-74)87(5,6)117/h7-27,30,49-51,55-57,66,68-69,77,91-92,116-117H,1-2,28-29,31-48,52-53H2,3-6H3,(H,89,93,99)(H,90,94,100)(H,97,110,112)(H,98,111,113)/t57?,66?,68?,69-,77?/m1/s1. The number of rotatable bonds is 25. The summed E-state index contributed by atoms with van der Waals surface area (Å²) in [6.07, 6.45) is 12.4. The molecule has 8 N–H and O–H groups in total. The monoisotopic (exact) mass is 1590 g/mol. The van der Waals surface area contributed by atoms with Crippen molar-refractivity contribution in [1.82, 2.24) is 69.1 Å². The second-order valence-electron chi connectivity index (χ2n) is 32.7. The summed E-state index contributed by atoms with van der Waals surface area (Å²) in [4.78, 5) is 118. The van der Waals surface area contributed by atoms with Crippen molar-refractivity contribution in [2.24, 2.45) is 17.8 Å². The molecular formula is C87H100FN21O8. The summed E-state index contributed by atoms with van der Waals surface area (Å²) in [5.41, 5.74) is 5.27. The smallest absolute Gasteiger partial charge is 0.278 e. The Labute approximate surface area is 676 Å². The van der Waals surface area contributed by atoms with Crippen LogP contribution in [0.3, 0.4) is 0 Å². The van der Waals surface area contributed by atoms with Crippen molar-refractivity contribution in [3.05, 3.63) is 209 Å². The Bertz CT molecular complexity index is 5500. The Balaban J connectivity index is 0.670. The Morgan fingerprint density at radius 3 is 1.52 bits per heavy atom. The SMILES string of the molecule is C=CCn1c(=O)c2cnc(Nc3ccc(N4CCC(C(C5CN(c6ccc(Nc7ncc8c(=O)n(CC=C)n(-c9cccc(C(C)(C)O)n9)c8n7)cc6)CCC5CN5CCN(c6ccc(N[C@@H]7CCC(=O)NC7=O)cc6F)CC5)N5CCC(c6ccc(NC7CCC(=O)NC7=O)cc6)CC5)CC4)cc3)nc2n1-c1cccc(C(C)(C)O)n1. The van der Waals surface area contributed by atoms with Crippen molar-refractivity contribution in [2.75, 3.05) is 108 Å². The summed E-state index contributed by atoms with van der Waals surface area (Å²) in [7, 11) is 0. The molecule has 10 aromatic rings. The molecule has 29 nitrogen and oxygen atoms in total. The summed E-state index contributed by atoms with van der Waals surface area (Å²) >= 11 is 0. The lowest BCUT2D eigenvalue weighted by Gasteiger charge is -2.53. The number of imide groups is 2. The fourth-order valence-electron chi connectivity index (χ4n) is 17.9. The molecule has 0 saturated carbocycles. The third-order valence-electron chi connectivity index (χ3n) is 24.0. The minimum Gasteiger partial charge on any atom is -0.384 e. The zero-order valence-corrected chi connectivity index (χ0v) is 66.4. The van der Waals surface area contributed by atoms with Crippen molar-refractivity contribution in [3.8, 4) is 11.6 Å². The van der Waals surface area contributed by atoms with Gasteiger partial charge in [0.05, 0.1) is 30.2 Å². The summed E-state index contributed by atoms with van der Waals surface area (Å²) in [6.45, 7) is 23.6. The van der Waals surface area contributed by atoms with Crippen molar-refractivity contribution in [2.45, 2.75) is 134 Å². The molecule has 6 aliphatic heterocycles. The van der Waals surface area contributed by atoms with Gasteiger partial charge >= 0.3 is 0 Å². The normalized spacial score (nSPS) is 20.0. The molecule has 6 fully saturated rings. The van der Waals surface area contributed by atoms with Crippen LogP contribution >= 0.6 is 0 Å². The molecule has 0 radical (unpaired) electrons. The minimum absolute atomic E-state index is 0.180. The predicted octanol–water partition coefficient (Wildman–Crippen LogP) is 9.58. The number of piperidine rings is 5.